The first-order valence-corrected chi connectivity index (χ1v) is 7.31. The van der Waals surface area contributed by atoms with E-state index >= 15 is 0 Å². The zero-order valence-corrected chi connectivity index (χ0v) is 13.7. The summed E-state index contributed by atoms with van der Waals surface area (Å²) >= 11 is 3.48. The molecular formula is C14H22BrNO4. The van der Waals surface area contributed by atoms with Crippen LogP contribution in [0.2, 0.25) is 0 Å². The van der Waals surface area contributed by atoms with Crippen molar-refractivity contribution in [2.45, 2.75) is 19.6 Å². The first-order valence-electron chi connectivity index (χ1n) is 6.52. The van der Waals surface area contributed by atoms with Crippen LogP contribution >= 0.6 is 15.9 Å². The maximum atomic E-state index is 9.64. The summed E-state index contributed by atoms with van der Waals surface area (Å²) in [5.41, 5.74) is 1.09. The lowest BCUT2D eigenvalue weighted by molar-refractivity contribution is 0.0316. The van der Waals surface area contributed by atoms with Crippen molar-refractivity contribution in [3.63, 3.8) is 0 Å². The van der Waals surface area contributed by atoms with Crippen molar-refractivity contribution in [1.82, 2.24) is 5.32 Å². The number of aliphatic hydroxyl groups excluding tert-OH is 1. The Balaban J connectivity index is 2.86. The van der Waals surface area contributed by atoms with E-state index < -0.39 is 6.10 Å². The zero-order valence-electron chi connectivity index (χ0n) is 12.1. The molecule has 0 amide bonds. The SMILES string of the molecule is CCOc1cc(CNC)cc(Br)c1OCC(O)COC. The average molecular weight is 348 g/mol. The van der Waals surface area contributed by atoms with E-state index in [4.69, 9.17) is 14.2 Å². The van der Waals surface area contributed by atoms with Crippen LogP contribution in [0.3, 0.4) is 0 Å². The van der Waals surface area contributed by atoms with Gasteiger partial charge in [0.25, 0.3) is 0 Å². The van der Waals surface area contributed by atoms with Gasteiger partial charge in [-0.15, -0.1) is 0 Å². The smallest absolute Gasteiger partial charge is 0.175 e. The molecule has 0 aliphatic rings. The van der Waals surface area contributed by atoms with E-state index in [9.17, 15) is 5.11 Å². The maximum Gasteiger partial charge on any atom is 0.175 e. The predicted molar refractivity (Wildman–Crippen MR) is 81.5 cm³/mol. The van der Waals surface area contributed by atoms with E-state index in [1.54, 1.807) is 0 Å². The molecule has 0 spiro atoms. The molecule has 0 aromatic heterocycles. The van der Waals surface area contributed by atoms with Crippen molar-refractivity contribution in [3.8, 4) is 11.5 Å². The van der Waals surface area contributed by atoms with Gasteiger partial charge >= 0.3 is 0 Å². The van der Waals surface area contributed by atoms with Crippen LogP contribution in [-0.4, -0.2) is 45.2 Å². The third-order valence-corrected chi connectivity index (χ3v) is 3.12. The van der Waals surface area contributed by atoms with E-state index in [1.165, 1.54) is 7.11 Å². The number of rotatable bonds is 9. The molecule has 0 fully saturated rings. The van der Waals surface area contributed by atoms with Crippen LogP contribution in [-0.2, 0) is 11.3 Å². The van der Waals surface area contributed by atoms with Crippen molar-refractivity contribution in [2.24, 2.45) is 0 Å². The van der Waals surface area contributed by atoms with Crippen LogP contribution in [0.25, 0.3) is 0 Å². The van der Waals surface area contributed by atoms with Gasteiger partial charge in [-0.05, 0) is 47.6 Å². The van der Waals surface area contributed by atoms with Gasteiger partial charge in [0.2, 0.25) is 0 Å². The summed E-state index contributed by atoms with van der Waals surface area (Å²) in [6.45, 7) is 3.59. The molecule has 0 saturated carbocycles. The average Bonchev–Trinajstić information content (AvgIpc) is 2.39. The second-order valence-corrected chi connectivity index (χ2v) is 5.14. The van der Waals surface area contributed by atoms with Gasteiger partial charge in [0.15, 0.2) is 11.5 Å². The molecule has 0 bridgehead atoms. The molecule has 114 valence electrons. The van der Waals surface area contributed by atoms with Gasteiger partial charge in [-0.3, -0.25) is 0 Å². The number of hydrogen-bond acceptors (Lipinski definition) is 5. The van der Waals surface area contributed by atoms with E-state index in [0.29, 0.717) is 18.1 Å². The molecule has 0 saturated heterocycles. The highest BCUT2D eigenvalue weighted by Crippen LogP contribution is 2.37. The van der Waals surface area contributed by atoms with Crippen LogP contribution in [0.4, 0.5) is 0 Å². The molecule has 1 atom stereocenters. The Morgan fingerprint density at radius 1 is 1.30 bits per heavy atom. The Morgan fingerprint density at radius 2 is 2.05 bits per heavy atom. The number of hydrogen-bond donors (Lipinski definition) is 2. The molecule has 0 aliphatic heterocycles. The molecule has 5 nitrogen and oxygen atoms in total. The lowest BCUT2D eigenvalue weighted by Gasteiger charge is -2.17. The lowest BCUT2D eigenvalue weighted by atomic mass is 10.2. The Bertz CT molecular complexity index is 414. The van der Waals surface area contributed by atoms with Crippen LogP contribution in [0, 0.1) is 0 Å². The highest BCUT2D eigenvalue weighted by molar-refractivity contribution is 9.10. The predicted octanol–water partition coefficient (Wildman–Crippen LogP) is 1.95. The summed E-state index contributed by atoms with van der Waals surface area (Å²) in [6, 6.07) is 3.90. The summed E-state index contributed by atoms with van der Waals surface area (Å²) < 4.78 is 16.9. The molecular weight excluding hydrogens is 326 g/mol. The second kappa shape index (κ2) is 9.18. The highest BCUT2D eigenvalue weighted by atomic mass is 79.9. The minimum atomic E-state index is -0.668. The summed E-state index contributed by atoms with van der Waals surface area (Å²) in [4.78, 5) is 0. The molecule has 0 radical (unpaired) electrons. The lowest BCUT2D eigenvalue weighted by Crippen LogP contribution is -2.23. The summed E-state index contributed by atoms with van der Waals surface area (Å²) in [5, 5.41) is 12.7. The third kappa shape index (κ3) is 5.28. The third-order valence-electron chi connectivity index (χ3n) is 2.53. The van der Waals surface area contributed by atoms with E-state index in [1.807, 2.05) is 26.1 Å². The molecule has 2 N–H and O–H groups in total. The number of halogens is 1. The number of methoxy groups -OCH3 is 1. The van der Waals surface area contributed by atoms with Gasteiger partial charge in [0.05, 0.1) is 17.7 Å². The molecule has 0 heterocycles. The number of nitrogens with one attached hydrogen (secondary N) is 1. The Labute approximate surface area is 128 Å². The minimum Gasteiger partial charge on any atom is -0.490 e. The topological polar surface area (TPSA) is 60.0 Å². The van der Waals surface area contributed by atoms with Crippen LogP contribution in [0.5, 0.6) is 11.5 Å². The van der Waals surface area contributed by atoms with Crippen LogP contribution in [0.15, 0.2) is 16.6 Å². The van der Waals surface area contributed by atoms with Crippen LogP contribution in [0.1, 0.15) is 12.5 Å². The molecule has 20 heavy (non-hydrogen) atoms. The van der Waals surface area contributed by atoms with Crippen molar-refractivity contribution in [2.75, 3.05) is 34.0 Å². The van der Waals surface area contributed by atoms with E-state index in [-0.39, 0.29) is 13.2 Å². The number of ether oxygens (including phenoxy) is 3. The molecule has 1 unspecified atom stereocenters. The molecule has 6 heteroatoms. The van der Waals surface area contributed by atoms with Gasteiger partial charge < -0.3 is 24.6 Å². The maximum absolute atomic E-state index is 9.64. The van der Waals surface area contributed by atoms with Crippen molar-refractivity contribution >= 4 is 15.9 Å². The fraction of sp³-hybridized carbons (Fsp3) is 0.571. The highest BCUT2D eigenvalue weighted by Gasteiger charge is 2.14. The Hall–Kier alpha value is -0.820. The van der Waals surface area contributed by atoms with E-state index in [0.717, 1.165) is 16.6 Å². The first-order chi connectivity index (χ1) is 9.62. The molecule has 1 aromatic carbocycles. The Kier molecular flexibility index (Phi) is 7.91. The molecule has 0 aliphatic carbocycles. The van der Waals surface area contributed by atoms with Gasteiger partial charge in [-0.2, -0.15) is 0 Å². The number of benzene rings is 1. The fourth-order valence-corrected chi connectivity index (χ4v) is 2.35. The summed E-state index contributed by atoms with van der Waals surface area (Å²) in [5.74, 6) is 1.26. The monoisotopic (exact) mass is 347 g/mol. The van der Waals surface area contributed by atoms with Gasteiger partial charge in [0.1, 0.15) is 12.7 Å². The van der Waals surface area contributed by atoms with Gasteiger partial charge in [0, 0.05) is 13.7 Å². The first kappa shape index (κ1) is 17.2. The normalized spacial score (nSPS) is 12.2. The van der Waals surface area contributed by atoms with E-state index in [2.05, 4.69) is 21.2 Å². The van der Waals surface area contributed by atoms with Gasteiger partial charge in [-0.25, -0.2) is 0 Å². The minimum absolute atomic E-state index is 0.151. The van der Waals surface area contributed by atoms with Crippen molar-refractivity contribution in [3.05, 3.63) is 22.2 Å². The number of aliphatic hydroxyl groups is 1. The van der Waals surface area contributed by atoms with Gasteiger partial charge in [-0.1, -0.05) is 0 Å². The summed E-state index contributed by atoms with van der Waals surface area (Å²) in [6.07, 6.45) is -0.668. The van der Waals surface area contributed by atoms with Crippen LogP contribution < -0.4 is 14.8 Å². The fourth-order valence-electron chi connectivity index (χ4n) is 1.75. The summed E-state index contributed by atoms with van der Waals surface area (Å²) in [7, 11) is 3.43. The second-order valence-electron chi connectivity index (χ2n) is 4.29. The Morgan fingerprint density at radius 3 is 2.65 bits per heavy atom. The zero-order chi connectivity index (χ0) is 15.0. The standard InChI is InChI=1S/C14H22BrNO4/c1-4-19-13-6-10(7-16-2)5-12(15)14(13)20-9-11(17)8-18-3/h5-6,11,16-17H,4,7-9H2,1-3H3. The molecule has 1 aromatic rings. The largest absolute Gasteiger partial charge is 0.490 e. The van der Waals surface area contributed by atoms with Crippen molar-refractivity contribution in [1.29, 1.82) is 0 Å². The quantitative estimate of drug-likeness (QED) is 0.714. The van der Waals surface area contributed by atoms with Crippen molar-refractivity contribution < 1.29 is 19.3 Å². The molecule has 1 rings (SSSR count).